The molecule has 20 heavy (non-hydrogen) atoms. The van der Waals surface area contributed by atoms with Crippen LogP contribution < -0.4 is 0 Å². The van der Waals surface area contributed by atoms with Crippen LogP contribution in [-0.2, 0) is 20.9 Å². The Hall–Kier alpha value is -2.10. The maximum atomic E-state index is 11.8. The smallest absolute Gasteiger partial charge is 0.477 e. The summed E-state index contributed by atoms with van der Waals surface area (Å²) >= 11 is 0. The largest absolute Gasteiger partial charge is 0.529 e. The molecule has 2 N–H and O–H groups in total. The van der Waals surface area contributed by atoms with E-state index in [2.05, 4.69) is 4.98 Å². The highest BCUT2D eigenvalue weighted by molar-refractivity contribution is 7.41. The topological polar surface area (TPSA) is 87.5 Å². The van der Waals surface area contributed by atoms with Gasteiger partial charge in [-0.2, -0.15) is 4.89 Å². The molecule has 0 radical (unpaired) electrons. The quantitative estimate of drug-likeness (QED) is 0.825. The van der Waals surface area contributed by atoms with Crippen LogP contribution in [-0.4, -0.2) is 21.0 Å². The van der Waals surface area contributed by atoms with Crippen molar-refractivity contribution in [2.75, 3.05) is 0 Å². The number of nitrogens with zero attached hydrogens (tertiary/aromatic N) is 1. The third kappa shape index (κ3) is 2.59. The van der Waals surface area contributed by atoms with Crippen LogP contribution in [0, 0.1) is 0 Å². The summed E-state index contributed by atoms with van der Waals surface area (Å²) in [5, 5.41) is 7.70. The van der Waals surface area contributed by atoms with Gasteiger partial charge in [0.15, 0.2) is 0 Å². The summed E-state index contributed by atoms with van der Waals surface area (Å²) in [6.07, 6.45) is 2.98. The van der Waals surface area contributed by atoms with Crippen molar-refractivity contribution in [2.45, 2.75) is 11.6 Å². The molecule has 2 unspecified atom stereocenters. The van der Waals surface area contributed by atoms with Crippen molar-refractivity contribution >= 4 is 14.0 Å². The SMILES string of the molecule is O=C(O)C(Cc1ccncc1)(c1ccccc1)[P+](=O)O. The molecule has 2 aromatic rings. The molecule has 2 atom stereocenters. The zero-order chi connectivity index (χ0) is 14.6. The van der Waals surface area contributed by atoms with Crippen molar-refractivity contribution < 1.29 is 19.4 Å². The maximum Gasteiger partial charge on any atom is 0.529 e. The molecule has 0 saturated heterocycles. The lowest BCUT2D eigenvalue weighted by Crippen LogP contribution is -2.34. The first-order chi connectivity index (χ1) is 9.57. The average molecular weight is 290 g/mol. The molecule has 1 aromatic heterocycles. The Morgan fingerprint density at radius 2 is 1.75 bits per heavy atom. The first-order valence-electron chi connectivity index (χ1n) is 5.91. The van der Waals surface area contributed by atoms with Gasteiger partial charge in [0.2, 0.25) is 0 Å². The molecule has 0 aliphatic heterocycles. The molecule has 0 bridgehead atoms. The third-order valence-electron chi connectivity index (χ3n) is 3.14. The molecule has 0 fully saturated rings. The van der Waals surface area contributed by atoms with E-state index in [0.717, 1.165) is 0 Å². The Morgan fingerprint density at radius 3 is 2.25 bits per heavy atom. The van der Waals surface area contributed by atoms with Gasteiger partial charge in [-0.15, -0.1) is 0 Å². The fraction of sp³-hybridized carbons (Fsp3) is 0.143. The van der Waals surface area contributed by atoms with Crippen LogP contribution in [0.1, 0.15) is 11.1 Å². The minimum absolute atomic E-state index is 0.0689. The van der Waals surface area contributed by atoms with E-state index in [-0.39, 0.29) is 6.42 Å². The summed E-state index contributed by atoms with van der Waals surface area (Å²) in [6, 6.07) is 11.4. The second-order valence-electron chi connectivity index (χ2n) is 4.34. The van der Waals surface area contributed by atoms with Gasteiger partial charge >= 0.3 is 19.2 Å². The van der Waals surface area contributed by atoms with Crippen molar-refractivity contribution in [1.29, 1.82) is 0 Å². The molecular weight excluding hydrogens is 277 g/mol. The van der Waals surface area contributed by atoms with E-state index in [1.807, 2.05) is 0 Å². The number of carboxylic acid groups (broad SMARTS) is 1. The van der Waals surface area contributed by atoms with Crippen LogP contribution in [0.2, 0.25) is 0 Å². The summed E-state index contributed by atoms with van der Waals surface area (Å²) in [6.45, 7) is 0. The van der Waals surface area contributed by atoms with Crippen molar-refractivity contribution in [3.8, 4) is 0 Å². The van der Waals surface area contributed by atoms with E-state index in [4.69, 9.17) is 0 Å². The van der Waals surface area contributed by atoms with Gasteiger partial charge in [-0.05, 0) is 22.3 Å². The monoisotopic (exact) mass is 290 g/mol. The summed E-state index contributed by atoms with van der Waals surface area (Å²) < 4.78 is 11.8. The number of carbonyl (C=O) groups is 1. The normalized spacial score (nSPS) is 14.3. The van der Waals surface area contributed by atoms with Crippen LogP contribution in [0.5, 0.6) is 0 Å². The van der Waals surface area contributed by atoms with E-state index in [1.54, 1.807) is 42.5 Å². The van der Waals surface area contributed by atoms with Crippen LogP contribution in [0.25, 0.3) is 0 Å². The highest BCUT2D eigenvalue weighted by Crippen LogP contribution is 2.47. The second-order valence-corrected chi connectivity index (χ2v) is 5.65. The van der Waals surface area contributed by atoms with E-state index in [9.17, 15) is 19.4 Å². The molecule has 1 heterocycles. The van der Waals surface area contributed by atoms with E-state index in [1.165, 1.54) is 12.4 Å². The minimum Gasteiger partial charge on any atom is -0.477 e. The van der Waals surface area contributed by atoms with Crippen LogP contribution >= 0.6 is 8.03 Å². The van der Waals surface area contributed by atoms with Gasteiger partial charge in [-0.25, -0.2) is 4.79 Å². The third-order valence-corrected chi connectivity index (χ3v) is 4.40. The van der Waals surface area contributed by atoms with Gasteiger partial charge < -0.3 is 5.11 Å². The lowest BCUT2D eigenvalue weighted by Gasteiger charge is -2.17. The Bertz CT molecular complexity index is 602. The fourth-order valence-corrected chi connectivity index (χ4v) is 2.92. The van der Waals surface area contributed by atoms with Crippen molar-refractivity contribution in [3.05, 3.63) is 66.0 Å². The maximum absolute atomic E-state index is 11.8. The molecule has 6 heteroatoms. The second kappa shape index (κ2) is 5.90. The zero-order valence-corrected chi connectivity index (χ0v) is 11.4. The Labute approximate surface area is 116 Å². The Morgan fingerprint density at radius 1 is 1.15 bits per heavy atom. The number of hydrogen-bond acceptors (Lipinski definition) is 3. The standard InChI is InChI=1S/C14H12NO4P/c16-13(17)14(20(18)19,12-4-2-1-3-5-12)10-11-6-8-15-9-7-11/h1-9H,10H2,(H-,16,17,18,19)/p+1. The number of rotatable bonds is 5. The highest BCUT2D eigenvalue weighted by Gasteiger charge is 2.58. The number of aromatic nitrogens is 1. The molecule has 5 nitrogen and oxygen atoms in total. The molecule has 2 rings (SSSR count). The first kappa shape index (κ1) is 14.3. The molecule has 0 aliphatic rings. The average Bonchev–Trinajstić information content (AvgIpc) is 2.46. The van der Waals surface area contributed by atoms with Crippen LogP contribution in [0.3, 0.4) is 0 Å². The highest BCUT2D eigenvalue weighted by atomic mass is 31.1. The number of benzene rings is 1. The van der Waals surface area contributed by atoms with Crippen LogP contribution in [0.4, 0.5) is 0 Å². The molecule has 1 aromatic carbocycles. The lowest BCUT2D eigenvalue weighted by atomic mass is 9.91. The molecule has 0 aliphatic carbocycles. The first-order valence-corrected chi connectivity index (χ1v) is 7.12. The number of pyridine rings is 1. The van der Waals surface area contributed by atoms with Gasteiger partial charge in [0.25, 0.3) is 0 Å². The Balaban J connectivity index is 2.55. The number of hydrogen-bond donors (Lipinski definition) is 2. The fourth-order valence-electron chi connectivity index (χ4n) is 2.07. The van der Waals surface area contributed by atoms with Gasteiger partial charge in [0, 0.05) is 24.4 Å². The molecule has 0 saturated carbocycles. The van der Waals surface area contributed by atoms with Gasteiger partial charge in [0.05, 0.1) is 0 Å². The van der Waals surface area contributed by atoms with Crippen molar-refractivity contribution in [3.63, 3.8) is 0 Å². The predicted molar refractivity (Wildman–Crippen MR) is 73.5 cm³/mol. The van der Waals surface area contributed by atoms with Gasteiger partial charge in [-0.3, -0.25) is 4.98 Å². The zero-order valence-electron chi connectivity index (χ0n) is 10.5. The minimum atomic E-state index is -2.96. The van der Waals surface area contributed by atoms with Crippen molar-refractivity contribution in [1.82, 2.24) is 4.98 Å². The van der Waals surface area contributed by atoms with E-state index < -0.39 is 19.2 Å². The lowest BCUT2D eigenvalue weighted by molar-refractivity contribution is -0.140. The predicted octanol–water partition coefficient (Wildman–Crippen LogP) is 2.34. The summed E-state index contributed by atoms with van der Waals surface area (Å²) in [4.78, 5) is 25.2. The van der Waals surface area contributed by atoms with Gasteiger partial charge in [0.1, 0.15) is 0 Å². The summed E-state index contributed by atoms with van der Waals surface area (Å²) in [5.41, 5.74) is 0.955. The van der Waals surface area contributed by atoms with Crippen molar-refractivity contribution in [2.24, 2.45) is 0 Å². The molecule has 0 amide bonds. The van der Waals surface area contributed by atoms with E-state index in [0.29, 0.717) is 11.1 Å². The molecule has 0 spiro atoms. The van der Waals surface area contributed by atoms with Crippen LogP contribution in [0.15, 0.2) is 54.9 Å². The number of carboxylic acids is 1. The Kier molecular flexibility index (Phi) is 4.23. The molecular formula is C14H13NO4P+. The number of aliphatic carboxylic acids is 1. The van der Waals surface area contributed by atoms with Gasteiger partial charge in [-0.1, -0.05) is 30.3 Å². The molecule has 102 valence electrons. The van der Waals surface area contributed by atoms with E-state index >= 15 is 0 Å². The summed E-state index contributed by atoms with van der Waals surface area (Å²) in [5.74, 6) is -1.32. The summed E-state index contributed by atoms with van der Waals surface area (Å²) in [7, 11) is -2.96.